The Labute approximate surface area is 325 Å². The predicted octanol–water partition coefficient (Wildman–Crippen LogP) is 12.9. The van der Waals surface area contributed by atoms with Gasteiger partial charge in [-0.25, -0.2) is 9.98 Å². The first-order valence-corrected chi connectivity index (χ1v) is 19.3. The summed E-state index contributed by atoms with van der Waals surface area (Å²) < 4.78 is 6.14. The number of amidine groups is 2. The third-order valence-corrected chi connectivity index (χ3v) is 11.7. The van der Waals surface area contributed by atoms with Crippen LogP contribution in [0.5, 0.6) is 0 Å². The van der Waals surface area contributed by atoms with Crippen LogP contribution in [0.3, 0.4) is 0 Å². The number of hydrogen-bond donors (Lipinski definition) is 1. The van der Waals surface area contributed by atoms with E-state index in [2.05, 4.69) is 153 Å². The van der Waals surface area contributed by atoms with Gasteiger partial charge in [0.2, 0.25) is 0 Å². The van der Waals surface area contributed by atoms with Gasteiger partial charge in [-0.3, -0.25) is 0 Å². The van der Waals surface area contributed by atoms with Crippen molar-refractivity contribution in [1.29, 1.82) is 0 Å². The summed E-state index contributed by atoms with van der Waals surface area (Å²) in [5.41, 5.74) is 15.0. The van der Waals surface area contributed by atoms with Gasteiger partial charge >= 0.3 is 0 Å². The van der Waals surface area contributed by atoms with E-state index < -0.39 is 6.17 Å². The minimum atomic E-state index is -0.422. The molecule has 1 aliphatic heterocycles. The maximum absolute atomic E-state index is 6.14. The number of aliphatic imine (C=N–C) groups is 2. The number of para-hydroxylation sites is 1. The Balaban J connectivity index is 0.985. The molecular weight excluding hydrogens is 683 g/mol. The molecule has 0 radical (unpaired) electrons. The molecule has 2 aliphatic rings. The zero-order chi connectivity index (χ0) is 37.4. The number of nitrogens with one attached hydrogen (secondary N) is 1. The first-order valence-electron chi connectivity index (χ1n) is 19.3. The van der Waals surface area contributed by atoms with E-state index in [1.807, 2.05) is 42.5 Å². The molecule has 9 aromatic rings. The van der Waals surface area contributed by atoms with Crippen molar-refractivity contribution in [3.8, 4) is 33.4 Å². The van der Waals surface area contributed by atoms with Crippen molar-refractivity contribution in [1.82, 2.24) is 5.32 Å². The van der Waals surface area contributed by atoms with Crippen LogP contribution in [0.1, 0.15) is 47.8 Å². The fourth-order valence-electron chi connectivity index (χ4n) is 8.80. The normalized spacial score (nSPS) is 15.6. The Hall–Kier alpha value is -7.04. The molecule has 56 heavy (non-hydrogen) atoms. The minimum absolute atomic E-state index is 0.0579. The quantitative estimate of drug-likeness (QED) is 0.192. The van der Waals surface area contributed by atoms with E-state index in [-0.39, 0.29) is 5.41 Å². The highest BCUT2D eigenvalue weighted by Crippen LogP contribution is 2.50. The monoisotopic (exact) mass is 719 g/mol. The molecular formula is C52H37N3O. The van der Waals surface area contributed by atoms with Crippen molar-refractivity contribution in [2.45, 2.75) is 25.4 Å². The zero-order valence-corrected chi connectivity index (χ0v) is 31.1. The fourth-order valence-corrected chi connectivity index (χ4v) is 8.80. The van der Waals surface area contributed by atoms with Crippen LogP contribution in [-0.4, -0.2) is 11.7 Å². The van der Waals surface area contributed by atoms with Gasteiger partial charge in [0.25, 0.3) is 0 Å². The highest BCUT2D eigenvalue weighted by Gasteiger charge is 2.35. The Morgan fingerprint density at radius 1 is 0.446 bits per heavy atom. The average molecular weight is 720 g/mol. The van der Waals surface area contributed by atoms with Crippen LogP contribution in [0.25, 0.3) is 66.1 Å². The lowest BCUT2D eigenvalue weighted by Crippen LogP contribution is -2.36. The van der Waals surface area contributed by atoms with Gasteiger partial charge in [-0.15, -0.1) is 0 Å². The lowest BCUT2D eigenvalue weighted by molar-refractivity contribution is 0.660. The maximum atomic E-state index is 6.14. The largest absolute Gasteiger partial charge is 0.456 e. The van der Waals surface area contributed by atoms with E-state index in [1.54, 1.807) is 0 Å². The summed E-state index contributed by atoms with van der Waals surface area (Å²) in [5, 5.41) is 8.17. The van der Waals surface area contributed by atoms with Crippen molar-refractivity contribution in [2.75, 3.05) is 0 Å². The summed E-state index contributed by atoms with van der Waals surface area (Å²) in [4.78, 5) is 10.4. The van der Waals surface area contributed by atoms with Crippen molar-refractivity contribution >= 4 is 44.4 Å². The summed E-state index contributed by atoms with van der Waals surface area (Å²) in [6, 6.07) is 62.8. The van der Waals surface area contributed by atoms with E-state index >= 15 is 0 Å². The molecule has 1 unspecified atom stereocenters. The summed E-state index contributed by atoms with van der Waals surface area (Å²) in [7, 11) is 0. The van der Waals surface area contributed by atoms with E-state index in [1.165, 1.54) is 49.7 Å². The maximum Gasteiger partial charge on any atom is 0.169 e. The molecule has 1 aliphatic carbocycles. The molecule has 0 fully saturated rings. The lowest BCUT2D eigenvalue weighted by Gasteiger charge is -2.23. The molecule has 266 valence electrons. The summed E-state index contributed by atoms with van der Waals surface area (Å²) in [6.45, 7) is 4.69. The first kappa shape index (κ1) is 32.4. The molecule has 1 N–H and O–H groups in total. The zero-order valence-electron chi connectivity index (χ0n) is 31.1. The van der Waals surface area contributed by atoms with Crippen LogP contribution in [0.15, 0.2) is 190 Å². The van der Waals surface area contributed by atoms with E-state index in [0.29, 0.717) is 0 Å². The molecule has 0 saturated carbocycles. The number of hydrogen-bond acceptors (Lipinski definition) is 4. The molecule has 8 aromatic carbocycles. The second kappa shape index (κ2) is 12.5. The molecule has 0 spiro atoms. The topological polar surface area (TPSA) is 49.9 Å². The Bertz CT molecular complexity index is 3080. The van der Waals surface area contributed by atoms with Gasteiger partial charge in [0.15, 0.2) is 6.17 Å². The molecule has 0 saturated heterocycles. The Morgan fingerprint density at radius 3 is 1.96 bits per heavy atom. The average Bonchev–Trinajstić information content (AvgIpc) is 3.74. The van der Waals surface area contributed by atoms with Gasteiger partial charge in [-0.05, 0) is 103 Å². The van der Waals surface area contributed by atoms with E-state index in [4.69, 9.17) is 14.4 Å². The fraction of sp³-hybridized carbons (Fsp3) is 0.0769. The van der Waals surface area contributed by atoms with Crippen molar-refractivity contribution in [3.63, 3.8) is 0 Å². The molecule has 0 amide bonds. The number of furan rings is 1. The van der Waals surface area contributed by atoms with Crippen LogP contribution >= 0.6 is 0 Å². The van der Waals surface area contributed by atoms with Gasteiger partial charge in [0.1, 0.15) is 22.8 Å². The first-order chi connectivity index (χ1) is 27.5. The molecule has 4 heteroatoms. The SMILES string of the molecule is CC1(C)c2ccccc2-c2ccc(-c3cc(-c4ccc(C5N=C(c6ccccc6)NC(c6ccc7oc8ccccc8c7c6)=N5)cc4)c4ccccc4c3)cc21. The van der Waals surface area contributed by atoms with Crippen LogP contribution < -0.4 is 5.32 Å². The van der Waals surface area contributed by atoms with Gasteiger partial charge < -0.3 is 9.73 Å². The number of rotatable bonds is 5. The standard InChI is InChI=1S/C52H37N3O/c1-52(2)45-18-10-8-16-40(45)41-26-24-35(31-46(41)52)38-28-36-14-6-7-15-39(36)43(30-38)32-20-22-34(23-21-32)50-53-49(33-12-4-3-5-13-33)54-51(55-50)37-25-27-48-44(29-37)42-17-9-11-19-47(42)56-48/h3-31,50H,1-2H3,(H,53,54,55). The van der Waals surface area contributed by atoms with Crippen molar-refractivity contribution in [3.05, 3.63) is 204 Å². The van der Waals surface area contributed by atoms with Gasteiger partial charge in [-0.1, -0.05) is 147 Å². The molecule has 1 aromatic heterocycles. The van der Waals surface area contributed by atoms with E-state index in [0.717, 1.165) is 55.9 Å². The van der Waals surface area contributed by atoms with Crippen LogP contribution in [0.4, 0.5) is 0 Å². The van der Waals surface area contributed by atoms with Crippen LogP contribution in [-0.2, 0) is 5.41 Å². The minimum Gasteiger partial charge on any atom is -0.456 e. The second-order valence-electron chi connectivity index (χ2n) is 15.4. The molecule has 11 rings (SSSR count). The Morgan fingerprint density at radius 2 is 1.11 bits per heavy atom. The molecule has 4 nitrogen and oxygen atoms in total. The third-order valence-electron chi connectivity index (χ3n) is 11.7. The van der Waals surface area contributed by atoms with Gasteiger partial charge in [0, 0.05) is 27.3 Å². The highest BCUT2D eigenvalue weighted by molar-refractivity contribution is 6.17. The number of benzene rings is 8. The lowest BCUT2D eigenvalue weighted by atomic mass is 9.81. The predicted molar refractivity (Wildman–Crippen MR) is 231 cm³/mol. The Kier molecular flexibility index (Phi) is 7.23. The van der Waals surface area contributed by atoms with Gasteiger partial charge in [0.05, 0.1) is 0 Å². The molecule has 1 atom stereocenters. The highest BCUT2D eigenvalue weighted by atomic mass is 16.3. The van der Waals surface area contributed by atoms with Crippen LogP contribution in [0.2, 0.25) is 0 Å². The smallest absolute Gasteiger partial charge is 0.169 e. The number of fused-ring (bicyclic) bond motifs is 7. The van der Waals surface area contributed by atoms with Crippen molar-refractivity contribution < 1.29 is 4.42 Å². The van der Waals surface area contributed by atoms with Gasteiger partial charge in [-0.2, -0.15) is 0 Å². The van der Waals surface area contributed by atoms with E-state index in [9.17, 15) is 0 Å². The van der Waals surface area contributed by atoms with Crippen LogP contribution in [0, 0.1) is 0 Å². The molecule has 0 bridgehead atoms. The summed E-state index contributed by atoms with van der Waals surface area (Å²) in [5.74, 6) is 1.57. The number of nitrogens with zero attached hydrogens (tertiary/aromatic N) is 2. The third kappa shape index (κ3) is 5.21. The van der Waals surface area contributed by atoms with Crippen molar-refractivity contribution in [2.24, 2.45) is 9.98 Å². The molecule has 2 heterocycles. The summed E-state index contributed by atoms with van der Waals surface area (Å²) >= 11 is 0. The second-order valence-corrected chi connectivity index (χ2v) is 15.4. The summed E-state index contributed by atoms with van der Waals surface area (Å²) in [6.07, 6.45) is -0.422.